The summed E-state index contributed by atoms with van der Waals surface area (Å²) in [6.07, 6.45) is 7.63. The lowest BCUT2D eigenvalue weighted by molar-refractivity contribution is -0.121. The first-order valence-corrected chi connectivity index (χ1v) is 9.04. The molecule has 0 radical (unpaired) electrons. The molecule has 0 bridgehead atoms. The summed E-state index contributed by atoms with van der Waals surface area (Å²) in [5.41, 5.74) is 1.84. The summed E-state index contributed by atoms with van der Waals surface area (Å²) in [7, 11) is 0. The van der Waals surface area contributed by atoms with Crippen LogP contribution < -0.4 is 5.32 Å². The van der Waals surface area contributed by atoms with Crippen LogP contribution in [0.1, 0.15) is 25.0 Å². The number of hydrogen-bond donors (Lipinski definition) is 1. The Balaban J connectivity index is 1.31. The molecule has 0 unspecified atom stereocenters. The Morgan fingerprint density at radius 1 is 1.39 bits per heavy atom. The van der Waals surface area contributed by atoms with Crippen molar-refractivity contribution >= 4 is 17.2 Å². The van der Waals surface area contributed by atoms with Gasteiger partial charge in [-0.1, -0.05) is 0 Å². The molecule has 1 aliphatic carbocycles. The molecule has 2 aromatic rings. The molecule has 1 saturated carbocycles. The molecule has 3 heterocycles. The third-order valence-corrected chi connectivity index (χ3v) is 5.39. The van der Waals surface area contributed by atoms with Gasteiger partial charge < -0.3 is 5.32 Å². The summed E-state index contributed by atoms with van der Waals surface area (Å²) < 4.78 is 0. The molecule has 2 fully saturated rings. The van der Waals surface area contributed by atoms with Crippen molar-refractivity contribution in [1.29, 1.82) is 0 Å². The Morgan fingerprint density at radius 3 is 3.09 bits per heavy atom. The van der Waals surface area contributed by atoms with E-state index in [4.69, 9.17) is 0 Å². The molecule has 1 saturated heterocycles. The standard InChI is InChI=1S/C17H20N4OS/c22-16(19-13-5-7-21(10-13)15-3-4-15)8-14-11-23-17(20-14)12-2-1-6-18-9-12/h1-2,6,9,11,13,15H,3-5,7-8,10H2,(H,19,22)/t13-/m0/s1. The van der Waals surface area contributed by atoms with Crippen molar-refractivity contribution in [3.63, 3.8) is 0 Å². The molecule has 1 N–H and O–H groups in total. The molecule has 2 aliphatic rings. The van der Waals surface area contributed by atoms with Gasteiger partial charge in [0.1, 0.15) is 5.01 Å². The first kappa shape index (κ1) is 14.8. The van der Waals surface area contributed by atoms with E-state index in [0.717, 1.165) is 41.8 Å². The maximum Gasteiger partial charge on any atom is 0.226 e. The van der Waals surface area contributed by atoms with Crippen molar-refractivity contribution in [2.24, 2.45) is 0 Å². The third-order valence-electron chi connectivity index (χ3n) is 4.45. The summed E-state index contributed by atoms with van der Waals surface area (Å²) in [4.78, 5) is 23.4. The van der Waals surface area contributed by atoms with Crippen LogP contribution in [-0.4, -0.2) is 45.9 Å². The first-order valence-electron chi connectivity index (χ1n) is 8.16. The van der Waals surface area contributed by atoms with Gasteiger partial charge in [-0.05, 0) is 31.4 Å². The van der Waals surface area contributed by atoms with Gasteiger partial charge in [0.15, 0.2) is 0 Å². The van der Waals surface area contributed by atoms with Gasteiger partial charge in [-0.2, -0.15) is 0 Å². The second-order valence-electron chi connectivity index (χ2n) is 6.34. The molecular formula is C17H20N4OS. The van der Waals surface area contributed by atoms with Crippen LogP contribution in [0.2, 0.25) is 0 Å². The van der Waals surface area contributed by atoms with Gasteiger partial charge in [0, 0.05) is 48.5 Å². The van der Waals surface area contributed by atoms with Gasteiger partial charge in [0.2, 0.25) is 5.91 Å². The second kappa shape index (κ2) is 6.37. The second-order valence-corrected chi connectivity index (χ2v) is 7.20. The van der Waals surface area contributed by atoms with Crippen molar-refractivity contribution in [3.8, 4) is 10.6 Å². The van der Waals surface area contributed by atoms with Crippen LogP contribution in [-0.2, 0) is 11.2 Å². The zero-order valence-corrected chi connectivity index (χ0v) is 13.8. The molecule has 23 heavy (non-hydrogen) atoms. The van der Waals surface area contributed by atoms with Gasteiger partial charge in [-0.15, -0.1) is 11.3 Å². The van der Waals surface area contributed by atoms with Crippen LogP contribution in [0.5, 0.6) is 0 Å². The number of nitrogens with one attached hydrogen (secondary N) is 1. The predicted molar refractivity (Wildman–Crippen MR) is 90.2 cm³/mol. The van der Waals surface area contributed by atoms with Gasteiger partial charge in [0.05, 0.1) is 12.1 Å². The average molecular weight is 328 g/mol. The Kier molecular flexibility index (Phi) is 4.10. The van der Waals surface area contributed by atoms with Gasteiger partial charge >= 0.3 is 0 Å². The Morgan fingerprint density at radius 2 is 2.30 bits per heavy atom. The molecule has 6 heteroatoms. The highest BCUT2D eigenvalue weighted by Gasteiger charge is 2.34. The van der Waals surface area contributed by atoms with E-state index in [1.54, 1.807) is 23.7 Å². The number of aromatic nitrogens is 2. The number of amides is 1. The number of hydrogen-bond acceptors (Lipinski definition) is 5. The molecule has 1 amide bonds. The molecule has 2 aromatic heterocycles. The SMILES string of the molecule is O=C(Cc1csc(-c2cccnc2)n1)N[C@H]1CCN(C2CC2)C1. The summed E-state index contributed by atoms with van der Waals surface area (Å²) in [5, 5.41) is 6.04. The van der Waals surface area contributed by atoms with Crippen LogP contribution in [0.3, 0.4) is 0 Å². The van der Waals surface area contributed by atoms with E-state index < -0.39 is 0 Å². The first-order chi connectivity index (χ1) is 11.3. The number of pyridine rings is 1. The Labute approximate surface area is 139 Å². The zero-order chi connectivity index (χ0) is 15.6. The summed E-state index contributed by atoms with van der Waals surface area (Å²) in [6, 6.07) is 4.98. The smallest absolute Gasteiger partial charge is 0.226 e. The van der Waals surface area contributed by atoms with E-state index in [1.165, 1.54) is 12.8 Å². The quantitative estimate of drug-likeness (QED) is 0.913. The Hall–Kier alpha value is -1.79. The fourth-order valence-electron chi connectivity index (χ4n) is 3.13. The minimum absolute atomic E-state index is 0.0793. The van der Waals surface area contributed by atoms with Crippen LogP contribution in [0.15, 0.2) is 29.9 Å². The van der Waals surface area contributed by atoms with Crippen molar-refractivity contribution < 1.29 is 4.79 Å². The molecule has 4 rings (SSSR count). The summed E-state index contributed by atoms with van der Waals surface area (Å²) >= 11 is 1.56. The lowest BCUT2D eigenvalue weighted by atomic mass is 10.2. The average Bonchev–Trinajstić information content (AvgIpc) is 3.14. The van der Waals surface area contributed by atoms with Crippen LogP contribution in [0.25, 0.3) is 10.6 Å². The van der Waals surface area contributed by atoms with E-state index in [0.29, 0.717) is 12.5 Å². The fraction of sp³-hybridized carbons (Fsp3) is 0.471. The lowest BCUT2D eigenvalue weighted by Gasteiger charge is -2.15. The van der Waals surface area contributed by atoms with Gasteiger partial charge in [-0.3, -0.25) is 14.7 Å². The predicted octanol–water partition coefficient (Wildman–Crippen LogP) is 2.10. The van der Waals surface area contributed by atoms with Gasteiger partial charge in [-0.25, -0.2) is 4.98 Å². The van der Waals surface area contributed by atoms with Gasteiger partial charge in [0.25, 0.3) is 0 Å². The van der Waals surface area contributed by atoms with Crippen molar-refractivity contribution in [3.05, 3.63) is 35.6 Å². The zero-order valence-electron chi connectivity index (χ0n) is 12.9. The largest absolute Gasteiger partial charge is 0.352 e. The molecule has 120 valence electrons. The molecule has 1 atom stereocenters. The van der Waals surface area contributed by atoms with E-state index in [2.05, 4.69) is 20.2 Å². The van der Waals surface area contributed by atoms with E-state index in [1.807, 2.05) is 17.5 Å². The highest BCUT2D eigenvalue weighted by atomic mass is 32.1. The number of carbonyl (C=O) groups excluding carboxylic acids is 1. The molecule has 0 aromatic carbocycles. The van der Waals surface area contributed by atoms with Crippen molar-refractivity contribution in [2.75, 3.05) is 13.1 Å². The third kappa shape index (κ3) is 3.59. The van der Waals surface area contributed by atoms with Crippen molar-refractivity contribution in [2.45, 2.75) is 37.8 Å². The van der Waals surface area contributed by atoms with Crippen LogP contribution in [0, 0.1) is 0 Å². The number of carbonyl (C=O) groups is 1. The maximum atomic E-state index is 12.2. The fourth-order valence-corrected chi connectivity index (χ4v) is 3.94. The molecule has 5 nitrogen and oxygen atoms in total. The Bertz CT molecular complexity index is 683. The highest BCUT2D eigenvalue weighted by Crippen LogP contribution is 2.29. The molecule has 0 spiro atoms. The van der Waals surface area contributed by atoms with E-state index >= 15 is 0 Å². The minimum Gasteiger partial charge on any atom is -0.352 e. The van der Waals surface area contributed by atoms with Crippen molar-refractivity contribution in [1.82, 2.24) is 20.2 Å². The highest BCUT2D eigenvalue weighted by molar-refractivity contribution is 7.13. The molecular weight excluding hydrogens is 308 g/mol. The minimum atomic E-state index is 0.0793. The summed E-state index contributed by atoms with van der Waals surface area (Å²) in [5.74, 6) is 0.0793. The van der Waals surface area contributed by atoms with Crippen LogP contribution >= 0.6 is 11.3 Å². The lowest BCUT2D eigenvalue weighted by Crippen LogP contribution is -2.38. The normalized spacial score (nSPS) is 21.5. The van der Waals surface area contributed by atoms with E-state index in [9.17, 15) is 4.79 Å². The number of nitrogens with zero attached hydrogens (tertiary/aromatic N) is 3. The topological polar surface area (TPSA) is 58.1 Å². The van der Waals surface area contributed by atoms with Crippen LogP contribution in [0.4, 0.5) is 0 Å². The van der Waals surface area contributed by atoms with E-state index in [-0.39, 0.29) is 5.91 Å². The monoisotopic (exact) mass is 328 g/mol. The summed E-state index contributed by atoms with van der Waals surface area (Å²) in [6.45, 7) is 2.13. The maximum absolute atomic E-state index is 12.2. The number of rotatable bonds is 5. The number of thiazole rings is 1. The molecule has 1 aliphatic heterocycles. The number of likely N-dealkylation sites (tertiary alicyclic amines) is 1.